The average molecular weight is 156 g/mol. The topological polar surface area (TPSA) is 29.5 Å². The summed E-state index contributed by atoms with van der Waals surface area (Å²) in [5, 5.41) is 9.60. The summed E-state index contributed by atoms with van der Waals surface area (Å²) in [5.74, 6) is 0.443. The molecule has 2 fully saturated rings. The maximum atomic E-state index is 9.60. The number of rotatable bonds is 2. The normalized spacial score (nSPS) is 44.7. The summed E-state index contributed by atoms with van der Waals surface area (Å²) in [6.45, 7) is 2.04. The van der Waals surface area contributed by atoms with Gasteiger partial charge in [-0.2, -0.15) is 0 Å². The minimum Gasteiger partial charge on any atom is -0.393 e. The number of aliphatic hydroxyl groups is 1. The lowest BCUT2D eigenvalue weighted by atomic mass is 9.84. The highest BCUT2D eigenvalue weighted by molar-refractivity contribution is 4.92. The van der Waals surface area contributed by atoms with Gasteiger partial charge in [-0.15, -0.1) is 0 Å². The summed E-state index contributed by atoms with van der Waals surface area (Å²) in [4.78, 5) is 0. The molecular weight excluding hydrogens is 140 g/mol. The van der Waals surface area contributed by atoms with Crippen LogP contribution in [0.25, 0.3) is 0 Å². The summed E-state index contributed by atoms with van der Waals surface area (Å²) in [6.07, 6.45) is 5.10. The van der Waals surface area contributed by atoms with Crippen molar-refractivity contribution in [1.29, 1.82) is 0 Å². The molecule has 2 aliphatic heterocycles. The number of aliphatic hydroxyl groups excluding tert-OH is 1. The Hall–Kier alpha value is -0.0800. The van der Waals surface area contributed by atoms with Crippen LogP contribution >= 0.6 is 0 Å². The quantitative estimate of drug-likeness (QED) is 0.653. The molecule has 1 N–H and O–H groups in total. The third-order valence-electron chi connectivity index (χ3n) is 3.07. The van der Waals surface area contributed by atoms with Crippen molar-refractivity contribution in [2.45, 2.75) is 50.9 Å². The second kappa shape index (κ2) is 2.76. The van der Waals surface area contributed by atoms with E-state index in [9.17, 15) is 5.11 Å². The Morgan fingerprint density at radius 3 is 2.82 bits per heavy atom. The monoisotopic (exact) mass is 156 g/mol. The van der Waals surface area contributed by atoms with Gasteiger partial charge in [-0.05, 0) is 25.7 Å². The SMILES string of the molecule is CC[C@@H](O)C1CC2CCC1O2. The predicted octanol–water partition coefficient (Wildman–Crippen LogP) is 1.32. The lowest BCUT2D eigenvalue weighted by Gasteiger charge is -2.22. The number of ether oxygens (including phenoxy) is 1. The number of hydrogen-bond donors (Lipinski definition) is 1. The van der Waals surface area contributed by atoms with Crippen LogP contribution in [0.5, 0.6) is 0 Å². The van der Waals surface area contributed by atoms with E-state index in [2.05, 4.69) is 0 Å². The van der Waals surface area contributed by atoms with Gasteiger partial charge in [0.25, 0.3) is 0 Å². The first-order chi connectivity index (χ1) is 5.31. The van der Waals surface area contributed by atoms with Crippen molar-refractivity contribution < 1.29 is 9.84 Å². The van der Waals surface area contributed by atoms with E-state index < -0.39 is 0 Å². The van der Waals surface area contributed by atoms with E-state index in [1.807, 2.05) is 6.92 Å². The Labute approximate surface area is 67.6 Å². The van der Waals surface area contributed by atoms with Gasteiger partial charge in [0.1, 0.15) is 0 Å². The molecule has 2 heteroatoms. The predicted molar refractivity (Wildman–Crippen MR) is 42.3 cm³/mol. The molecule has 0 amide bonds. The molecule has 0 aliphatic carbocycles. The highest BCUT2D eigenvalue weighted by Crippen LogP contribution is 2.40. The Kier molecular flexibility index (Phi) is 1.90. The Morgan fingerprint density at radius 2 is 2.36 bits per heavy atom. The fourth-order valence-corrected chi connectivity index (χ4v) is 2.38. The zero-order chi connectivity index (χ0) is 7.84. The molecule has 2 bridgehead atoms. The van der Waals surface area contributed by atoms with Crippen molar-refractivity contribution in [3.8, 4) is 0 Å². The molecule has 0 spiro atoms. The highest BCUT2D eigenvalue weighted by atomic mass is 16.5. The van der Waals surface area contributed by atoms with E-state index >= 15 is 0 Å². The van der Waals surface area contributed by atoms with Crippen LogP contribution < -0.4 is 0 Å². The zero-order valence-corrected chi connectivity index (χ0v) is 6.99. The fraction of sp³-hybridized carbons (Fsp3) is 1.00. The lowest BCUT2D eigenvalue weighted by Crippen LogP contribution is -2.28. The summed E-state index contributed by atoms with van der Waals surface area (Å²) in [7, 11) is 0. The molecule has 0 radical (unpaired) electrons. The molecule has 2 rings (SSSR count). The van der Waals surface area contributed by atoms with Crippen molar-refractivity contribution in [2.75, 3.05) is 0 Å². The number of hydrogen-bond acceptors (Lipinski definition) is 2. The Morgan fingerprint density at radius 1 is 1.55 bits per heavy atom. The highest BCUT2D eigenvalue weighted by Gasteiger charge is 2.43. The smallest absolute Gasteiger partial charge is 0.0633 e. The van der Waals surface area contributed by atoms with E-state index in [-0.39, 0.29) is 6.10 Å². The van der Waals surface area contributed by atoms with Crippen molar-refractivity contribution in [2.24, 2.45) is 5.92 Å². The summed E-state index contributed by atoms with van der Waals surface area (Å²) in [6, 6.07) is 0. The van der Waals surface area contributed by atoms with Crippen LogP contribution in [0.1, 0.15) is 32.6 Å². The molecule has 3 unspecified atom stereocenters. The molecule has 0 aromatic rings. The van der Waals surface area contributed by atoms with Gasteiger partial charge in [0.2, 0.25) is 0 Å². The number of fused-ring (bicyclic) bond motifs is 2. The van der Waals surface area contributed by atoms with Crippen LogP contribution in [0.15, 0.2) is 0 Å². The van der Waals surface area contributed by atoms with E-state index in [0.717, 1.165) is 12.8 Å². The van der Waals surface area contributed by atoms with E-state index in [1.54, 1.807) is 0 Å². The van der Waals surface area contributed by atoms with Gasteiger partial charge in [-0.1, -0.05) is 6.92 Å². The molecular formula is C9H16O2. The van der Waals surface area contributed by atoms with Crippen LogP contribution in [0.3, 0.4) is 0 Å². The van der Waals surface area contributed by atoms with E-state index in [4.69, 9.17) is 4.74 Å². The van der Waals surface area contributed by atoms with Gasteiger partial charge >= 0.3 is 0 Å². The molecule has 2 saturated heterocycles. The third kappa shape index (κ3) is 1.18. The second-order valence-electron chi connectivity index (χ2n) is 3.75. The molecule has 0 saturated carbocycles. The van der Waals surface area contributed by atoms with Gasteiger partial charge in [-0.25, -0.2) is 0 Å². The summed E-state index contributed by atoms with van der Waals surface area (Å²) in [5.41, 5.74) is 0. The molecule has 64 valence electrons. The molecule has 0 aromatic heterocycles. The first kappa shape index (κ1) is 7.56. The first-order valence-electron chi connectivity index (χ1n) is 4.64. The van der Waals surface area contributed by atoms with Crippen LogP contribution in [0.2, 0.25) is 0 Å². The van der Waals surface area contributed by atoms with E-state index in [1.165, 1.54) is 12.8 Å². The lowest BCUT2D eigenvalue weighted by molar-refractivity contribution is 0.0413. The molecule has 2 aliphatic rings. The summed E-state index contributed by atoms with van der Waals surface area (Å²) >= 11 is 0. The van der Waals surface area contributed by atoms with Gasteiger partial charge in [0.15, 0.2) is 0 Å². The average Bonchev–Trinajstić information content (AvgIpc) is 2.62. The van der Waals surface area contributed by atoms with E-state index in [0.29, 0.717) is 18.1 Å². The molecule has 11 heavy (non-hydrogen) atoms. The standard InChI is InChI=1S/C9H16O2/c1-2-8(10)7-5-6-3-4-9(7)11-6/h6-10H,2-5H2,1H3/t6?,7?,8-,9?/m1/s1. The fourth-order valence-electron chi connectivity index (χ4n) is 2.38. The van der Waals surface area contributed by atoms with Crippen molar-refractivity contribution in [1.82, 2.24) is 0 Å². The largest absolute Gasteiger partial charge is 0.393 e. The van der Waals surface area contributed by atoms with Gasteiger partial charge in [-0.3, -0.25) is 0 Å². The third-order valence-corrected chi connectivity index (χ3v) is 3.07. The van der Waals surface area contributed by atoms with Gasteiger partial charge in [0, 0.05) is 5.92 Å². The minimum absolute atomic E-state index is 0.120. The Balaban J connectivity index is 1.96. The molecule has 0 aromatic carbocycles. The van der Waals surface area contributed by atoms with Gasteiger partial charge in [0.05, 0.1) is 18.3 Å². The van der Waals surface area contributed by atoms with Crippen LogP contribution in [-0.4, -0.2) is 23.4 Å². The zero-order valence-electron chi connectivity index (χ0n) is 6.99. The first-order valence-corrected chi connectivity index (χ1v) is 4.64. The second-order valence-corrected chi connectivity index (χ2v) is 3.75. The van der Waals surface area contributed by atoms with Crippen LogP contribution in [0.4, 0.5) is 0 Å². The molecule has 2 heterocycles. The molecule has 2 nitrogen and oxygen atoms in total. The Bertz CT molecular complexity index is 146. The van der Waals surface area contributed by atoms with Crippen molar-refractivity contribution >= 4 is 0 Å². The van der Waals surface area contributed by atoms with Crippen molar-refractivity contribution in [3.05, 3.63) is 0 Å². The molecule has 4 atom stereocenters. The maximum Gasteiger partial charge on any atom is 0.0633 e. The van der Waals surface area contributed by atoms with Gasteiger partial charge < -0.3 is 9.84 Å². The van der Waals surface area contributed by atoms with Crippen molar-refractivity contribution in [3.63, 3.8) is 0 Å². The minimum atomic E-state index is -0.120. The van der Waals surface area contributed by atoms with Crippen LogP contribution in [0, 0.1) is 5.92 Å². The van der Waals surface area contributed by atoms with Crippen LogP contribution in [-0.2, 0) is 4.74 Å². The maximum absolute atomic E-state index is 9.60. The summed E-state index contributed by atoms with van der Waals surface area (Å²) < 4.78 is 5.65.